The van der Waals surface area contributed by atoms with Crippen molar-refractivity contribution in [2.75, 3.05) is 34.2 Å². The molecule has 0 bridgehead atoms. The van der Waals surface area contributed by atoms with Crippen molar-refractivity contribution >= 4 is 0 Å². The van der Waals surface area contributed by atoms with Gasteiger partial charge in [0.15, 0.2) is 0 Å². The molecule has 2 aliphatic carbocycles. The maximum Gasteiger partial charge on any atom is 0.0330 e. The zero-order chi connectivity index (χ0) is 15.6. The van der Waals surface area contributed by atoms with Crippen LogP contribution in [0.15, 0.2) is 0 Å². The lowest BCUT2D eigenvalue weighted by atomic mass is 9.73. The van der Waals surface area contributed by atoms with E-state index in [-0.39, 0.29) is 0 Å². The zero-order valence-corrected chi connectivity index (χ0v) is 14.9. The standard InChI is InChI=1S/C18H37N3/c1-14(2)15-7-8-17(19)16(11-15)12-21(5)13-18(20(3)4)9-6-10-18/h14-17H,6-13,19H2,1-5H3. The van der Waals surface area contributed by atoms with Crippen LogP contribution in [0.25, 0.3) is 0 Å². The summed E-state index contributed by atoms with van der Waals surface area (Å²) >= 11 is 0. The number of likely N-dealkylation sites (N-methyl/N-ethyl adjacent to an activating group) is 2. The first-order chi connectivity index (χ1) is 9.84. The average Bonchev–Trinajstić information content (AvgIpc) is 2.35. The first kappa shape index (κ1) is 17.2. The zero-order valence-electron chi connectivity index (χ0n) is 14.9. The molecule has 2 saturated carbocycles. The molecule has 0 aliphatic heterocycles. The molecule has 3 atom stereocenters. The number of nitrogens with zero attached hydrogens (tertiary/aromatic N) is 2. The van der Waals surface area contributed by atoms with E-state index < -0.39 is 0 Å². The maximum absolute atomic E-state index is 6.42. The highest BCUT2D eigenvalue weighted by molar-refractivity contribution is 4.98. The van der Waals surface area contributed by atoms with Crippen LogP contribution in [0.4, 0.5) is 0 Å². The molecule has 0 radical (unpaired) electrons. The van der Waals surface area contributed by atoms with Crippen molar-refractivity contribution in [3.8, 4) is 0 Å². The summed E-state index contributed by atoms with van der Waals surface area (Å²) in [5, 5.41) is 0. The Kier molecular flexibility index (Phi) is 5.72. The van der Waals surface area contributed by atoms with Crippen LogP contribution in [-0.4, -0.2) is 55.6 Å². The minimum Gasteiger partial charge on any atom is -0.327 e. The van der Waals surface area contributed by atoms with E-state index in [9.17, 15) is 0 Å². The Morgan fingerprint density at radius 3 is 2.29 bits per heavy atom. The van der Waals surface area contributed by atoms with Crippen molar-refractivity contribution in [1.29, 1.82) is 0 Å². The second-order valence-corrected chi connectivity index (χ2v) is 8.41. The molecule has 0 saturated heterocycles. The lowest BCUT2D eigenvalue weighted by molar-refractivity contribution is 0.0191. The first-order valence-electron chi connectivity index (χ1n) is 8.95. The molecule has 0 amide bonds. The summed E-state index contributed by atoms with van der Waals surface area (Å²) in [4.78, 5) is 5.01. The van der Waals surface area contributed by atoms with E-state index in [4.69, 9.17) is 5.73 Å². The molecule has 3 heteroatoms. The van der Waals surface area contributed by atoms with Crippen LogP contribution in [0.5, 0.6) is 0 Å². The SMILES string of the molecule is CC(C)C1CCC(N)C(CN(C)CC2(N(C)C)CCC2)C1. The number of rotatable bonds is 6. The molecule has 124 valence electrons. The molecule has 0 heterocycles. The number of hydrogen-bond donors (Lipinski definition) is 1. The molecule has 3 nitrogen and oxygen atoms in total. The monoisotopic (exact) mass is 295 g/mol. The van der Waals surface area contributed by atoms with Crippen LogP contribution in [0.1, 0.15) is 52.4 Å². The van der Waals surface area contributed by atoms with Crippen molar-refractivity contribution in [3.63, 3.8) is 0 Å². The van der Waals surface area contributed by atoms with Gasteiger partial charge in [0.05, 0.1) is 0 Å². The normalized spacial score (nSPS) is 32.7. The predicted octanol–water partition coefficient (Wildman–Crippen LogP) is 2.80. The molecule has 3 unspecified atom stereocenters. The Labute approximate surface area is 132 Å². The third-order valence-corrected chi connectivity index (χ3v) is 6.37. The fraction of sp³-hybridized carbons (Fsp3) is 1.00. The van der Waals surface area contributed by atoms with Gasteiger partial charge in [0.25, 0.3) is 0 Å². The van der Waals surface area contributed by atoms with Crippen LogP contribution in [0.3, 0.4) is 0 Å². The molecule has 2 N–H and O–H groups in total. The minimum atomic E-state index is 0.416. The Bertz CT molecular complexity index is 322. The van der Waals surface area contributed by atoms with Crippen LogP contribution in [-0.2, 0) is 0 Å². The molecular weight excluding hydrogens is 258 g/mol. The smallest absolute Gasteiger partial charge is 0.0330 e. The molecule has 0 aromatic heterocycles. The van der Waals surface area contributed by atoms with Crippen LogP contribution in [0, 0.1) is 17.8 Å². The third-order valence-electron chi connectivity index (χ3n) is 6.37. The Morgan fingerprint density at radius 1 is 1.14 bits per heavy atom. The highest BCUT2D eigenvalue weighted by atomic mass is 15.2. The highest BCUT2D eigenvalue weighted by Crippen LogP contribution is 2.38. The van der Waals surface area contributed by atoms with Gasteiger partial charge in [0.2, 0.25) is 0 Å². The van der Waals surface area contributed by atoms with Gasteiger partial charge < -0.3 is 15.5 Å². The van der Waals surface area contributed by atoms with Crippen molar-refractivity contribution in [2.24, 2.45) is 23.5 Å². The molecule has 0 aromatic carbocycles. The second kappa shape index (κ2) is 6.97. The van der Waals surface area contributed by atoms with E-state index in [1.54, 1.807) is 0 Å². The number of hydrogen-bond acceptors (Lipinski definition) is 3. The molecule has 2 rings (SSSR count). The van der Waals surface area contributed by atoms with Gasteiger partial charge in [-0.1, -0.05) is 13.8 Å². The molecular formula is C18H37N3. The summed E-state index contributed by atoms with van der Waals surface area (Å²) in [5.41, 5.74) is 6.86. The fourth-order valence-electron chi connectivity index (χ4n) is 4.44. The van der Waals surface area contributed by atoms with Crippen LogP contribution >= 0.6 is 0 Å². The van der Waals surface area contributed by atoms with Crippen molar-refractivity contribution in [1.82, 2.24) is 9.80 Å². The van der Waals surface area contributed by atoms with E-state index in [1.807, 2.05) is 0 Å². The van der Waals surface area contributed by atoms with Gasteiger partial charge >= 0.3 is 0 Å². The predicted molar refractivity (Wildman–Crippen MR) is 91.4 cm³/mol. The summed E-state index contributed by atoms with van der Waals surface area (Å²) in [7, 11) is 6.79. The van der Waals surface area contributed by atoms with Gasteiger partial charge in [-0.25, -0.2) is 0 Å². The lowest BCUT2D eigenvalue weighted by Crippen LogP contribution is -2.57. The lowest BCUT2D eigenvalue weighted by Gasteiger charge is -2.50. The van der Waals surface area contributed by atoms with Crippen LogP contribution in [0.2, 0.25) is 0 Å². The van der Waals surface area contributed by atoms with Gasteiger partial charge in [-0.05, 0) is 77.4 Å². The Balaban J connectivity index is 1.87. The third kappa shape index (κ3) is 4.00. The van der Waals surface area contributed by atoms with E-state index >= 15 is 0 Å². The van der Waals surface area contributed by atoms with Gasteiger partial charge in [0, 0.05) is 24.7 Å². The summed E-state index contributed by atoms with van der Waals surface area (Å²) in [6.45, 7) is 7.13. The second-order valence-electron chi connectivity index (χ2n) is 8.41. The largest absolute Gasteiger partial charge is 0.327 e. The Hall–Kier alpha value is -0.120. The quantitative estimate of drug-likeness (QED) is 0.818. The summed E-state index contributed by atoms with van der Waals surface area (Å²) in [6.07, 6.45) is 7.99. The van der Waals surface area contributed by atoms with E-state index in [2.05, 4.69) is 44.8 Å². The highest BCUT2D eigenvalue weighted by Gasteiger charge is 2.40. The van der Waals surface area contributed by atoms with Crippen molar-refractivity contribution in [3.05, 3.63) is 0 Å². The van der Waals surface area contributed by atoms with Gasteiger partial charge in [-0.15, -0.1) is 0 Å². The van der Waals surface area contributed by atoms with E-state index in [1.165, 1.54) is 51.6 Å². The summed E-state index contributed by atoms with van der Waals surface area (Å²) in [5.74, 6) is 2.38. The van der Waals surface area contributed by atoms with Gasteiger partial charge in [-0.3, -0.25) is 0 Å². The van der Waals surface area contributed by atoms with Crippen LogP contribution < -0.4 is 5.73 Å². The maximum atomic E-state index is 6.42. The Morgan fingerprint density at radius 2 is 1.81 bits per heavy atom. The van der Waals surface area contributed by atoms with Gasteiger partial charge in [0.1, 0.15) is 0 Å². The minimum absolute atomic E-state index is 0.416. The van der Waals surface area contributed by atoms with E-state index in [0.717, 1.165) is 11.8 Å². The van der Waals surface area contributed by atoms with Crippen molar-refractivity contribution in [2.45, 2.75) is 64.0 Å². The summed E-state index contributed by atoms with van der Waals surface area (Å²) < 4.78 is 0. The summed E-state index contributed by atoms with van der Waals surface area (Å²) in [6, 6.07) is 0.416. The average molecular weight is 296 g/mol. The molecule has 0 spiro atoms. The van der Waals surface area contributed by atoms with Crippen molar-refractivity contribution < 1.29 is 0 Å². The molecule has 2 aliphatic rings. The molecule has 21 heavy (non-hydrogen) atoms. The number of nitrogens with two attached hydrogens (primary N) is 1. The molecule has 0 aromatic rings. The van der Waals surface area contributed by atoms with Gasteiger partial charge in [-0.2, -0.15) is 0 Å². The molecule has 2 fully saturated rings. The first-order valence-corrected chi connectivity index (χ1v) is 8.95. The topological polar surface area (TPSA) is 32.5 Å². The fourth-order valence-corrected chi connectivity index (χ4v) is 4.44. The van der Waals surface area contributed by atoms with E-state index in [0.29, 0.717) is 17.5 Å².